The molecule has 1 aromatic heterocycles. The number of fused-ring (bicyclic) bond motifs is 1. The molecule has 0 aromatic carbocycles. The molecule has 0 aliphatic heterocycles. The number of carbonyl (C=O) groups excluding carboxylic acids is 2. The van der Waals surface area contributed by atoms with Gasteiger partial charge in [0.15, 0.2) is 5.57 Å². The van der Waals surface area contributed by atoms with Gasteiger partial charge < -0.3 is 15.8 Å². The zero-order valence-corrected chi connectivity index (χ0v) is 13.1. The van der Waals surface area contributed by atoms with Crippen molar-refractivity contribution in [3.05, 3.63) is 27.8 Å². The highest BCUT2D eigenvalue weighted by molar-refractivity contribution is 7.16. The molecule has 0 saturated heterocycles. The second-order valence-corrected chi connectivity index (χ2v) is 5.92. The summed E-state index contributed by atoms with van der Waals surface area (Å²) in [4.78, 5) is 24.4. The first-order valence-corrected chi connectivity index (χ1v) is 7.88. The summed E-state index contributed by atoms with van der Waals surface area (Å²) in [5.41, 5.74) is 6.79. The van der Waals surface area contributed by atoms with Crippen molar-refractivity contribution in [2.75, 3.05) is 11.9 Å². The van der Waals surface area contributed by atoms with Gasteiger partial charge in [-0.25, -0.2) is 4.79 Å². The van der Waals surface area contributed by atoms with Crippen molar-refractivity contribution in [3.63, 3.8) is 0 Å². The zero-order chi connectivity index (χ0) is 16.1. The van der Waals surface area contributed by atoms with Gasteiger partial charge in [0.25, 0.3) is 5.91 Å². The van der Waals surface area contributed by atoms with E-state index in [9.17, 15) is 9.59 Å². The predicted octanol–water partition coefficient (Wildman–Crippen LogP) is 2.11. The summed E-state index contributed by atoms with van der Waals surface area (Å²) in [7, 11) is 0. The Kier molecular flexibility index (Phi) is 5.17. The Balaban J connectivity index is 2.30. The minimum Gasteiger partial charge on any atom is -0.462 e. The lowest BCUT2D eigenvalue weighted by Gasteiger charge is -2.11. The van der Waals surface area contributed by atoms with E-state index >= 15 is 0 Å². The highest BCUT2D eigenvalue weighted by Gasteiger charge is 2.23. The number of anilines is 1. The maximum absolute atomic E-state index is 11.7. The molecule has 1 aliphatic carbocycles. The van der Waals surface area contributed by atoms with Gasteiger partial charge in [0.1, 0.15) is 11.1 Å². The van der Waals surface area contributed by atoms with Gasteiger partial charge in [-0.3, -0.25) is 4.79 Å². The number of nitrogens with two attached hydrogens (primary N) is 1. The van der Waals surface area contributed by atoms with E-state index in [1.54, 1.807) is 13.0 Å². The molecule has 0 saturated carbocycles. The number of aryl methyl sites for hydroxylation is 1. The van der Waals surface area contributed by atoms with Crippen LogP contribution >= 0.6 is 11.3 Å². The average molecular weight is 319 g/mol. The van der Waals surface area contributed by atoms with Gasteiger partial charge >= 0.3 is 5.97 Å². The number of nitrogens with zero attached hydrogens (tertiary/aromatic N) is 1. The van der Waals surface area contributed by atoms with Crippen molar-refractivity contribution in [2.24, 2.45) is 5.73 Å². The Bertz CT molecular complexity index is 670. The van der Waals surface area contributed by atoms with Crippen LogP contribution in [-0.4, -0.2) is 18.5 Å². The topological polar surface area (TPSA) is 105 Å². The third kappa shape index (κ3) is 3.28. The molecule has 1 amide bonds. The molecule has 0 atom stereocenters. The van der Waals surface area contributed by atoms with Crippen LogP contribution in [0.1, 0.15) is 40.6 Å². The van der Waals surface area contributed by atoms with Crippen LogP contribution in [-0.2, 0) is 22.4 Å². The molecule has 0 radical (unpaired) electrons. The highest BCUT2D eigenvalue weighted by atomic mass is 32.1. The number of hydrogen-bond donors (Lipinski definition) is 2. The summed E-state index contributed by atoms with van der Waals surface area (Å²) >= 11 is 1.45. The minimum absolute atomic E-state index is 0.149. The molecule has 0 bridgehead atoms. The van der Waals surface area contributed by atoms with Crippen molar-refractivity contribution < 1.29 is 14.3 Å². The molecular formula is C15H17N3O3S. The number of rotatable bonds is 5. The van der Waals surface area contributed by atoms with Crippen LogP contribution in [0.3, 0.4) is 0 Å². The third-order valence-corrected chi connectivity index (χ3v) is 4.60. The number of primary amides is 1. The van der Waals surface area contributed by atoms with Crippen molar-refractivity contribution in [3.8, 4) is 6.07 Å². The zero-order valence-electron chi connectivity index (χ0n) is 12.3. The maximum atomic E-state index is 11.7. The minimum atomic E-state index is -0.695. The fourth-order valence-corrected chi connectivity index (χ4v) is 3.68. The van der Waals surface area contributed by atoms with Crippen molar-refractivity contribution >= 4 is 28.2 Å². The number of carbonyl (C=O) groups is 2. The molecule has 6 nitrogen and oxygen atoms in total. The summed E-state index contributed by atoms with van der Waals surface area (Å²) < 4.78 is 4.78. The van der Waals surface area contributed by atoms with E-state index in [-0.39, 0.29) is 12.2 Å². The molecule has 7 heteroatoms. The molecule has 116 valence electrons. The molecule has 0 fully saturated rings. The van der Waals surface area contributed by atoms with Crippen LogP contribution in [0.2, 0.25) is 0 Å². The van der Waals surface area contributed by atoms with E-state index in [0.717, 1.165) is 36.1 Å². The summed E-state index contributed by atoms with van der Waals surface area (Å²) in [6, 6.07) is 1.78. The molecule has 0 spiro atoms. The average Bonchev–Trinajstić information content (AvgIpc) is 2.86. The van der Waals surface area contributed by atoms with E-state index in [4.69, 9.17) is 15.7 Å². The summed E-state index contributed by atoms with van der Waals surface area (Å²) in [6.45, 7) is 1.86. The first kappa shape index (κ1) is 16.0. The number of esters is 1. The van der Waals surface area contributed by atoms with Gasteiger partial charge in [0, 0.05) is 11.1 Å². The van der Waals surface area contributed by atoms with Gasteiger partial charge in [-0.1, -0.05) is 0 Å². The van der Waals surface area contributed by atoms with Gasteiger partial charge in [-0.05, 0) is 38.2 Å². The van der Waals surface area contributed by atoms with E-state index in [2.05, 4.69) is 5.32 Å². The summed E-state index contributed by atoms with van der Waals surface area (Å²) in [5.74, 6) is -1.19. The molecule has 2 rings (SSSR count). The Morgan fingerprint density at radius 3 is 2.82 bits per heavy atom. The molecule has 1 aromatic rings. The van der Waals surface area contributed by atoms with E-state index in [0.29, 0.717) is 10.6 Å². The Hall–Kier alpha value is -2.33. The normalized spacial score (nSPS) is 13.9. The highest BCUT2D eigenvalue weighted by Crippen LogP contribution is 2.37. The standard InChI is InChI=1S/C15H17N3O3S/c1-2-21-15(20)9(7-16)8-18-14-12(13(17)19)10-5-3-4-6-11(10)22-14/h8,18H,2-6H2,1H3,(H2,17,19)/b9-8+. The lowest BCUT2D eigenvalue weighted by molar-refractivity contribution is -0.138. The second-order valence-electron chi connectivity index (χ2n) is 4.81. The molecule has 1 heterocycles. The molecule has 1 aliphatic rings. The number of nitrogens with one attached hydrogen (secondary N) is 1. The Morgan fingerprint density at radius 1 is 1.45 bits per heavy atom. The van der Waals surface area contributed by atoms with Crippen LogP contribution in [0.4, 0.5) is 5.00 Å². The Labute approximate surface area is 132 Å². The van der Waals surface area contributed by atoms with Crippen LogP contribution in [0.5, 0.6) is 0 Å². The van der Waals surface area contributed by atoms with Crippen molar-refractivity contribution in [1.82, 2.24) is 0 Å². The predicted molar refractivity (Wildman–Crippen MR) is 83.4 cm³/mol. The first-order valence-electron chi connectivity index (χ1n) is 7.06. The number of ether oxygens (including phenoxy) is 1. The van der Waals surface area contributed by atoms with Crippen molar-refractivity contribution in [2.45, 2.75) is 32.6 Å². The Morgan fingerprint density at radius 2 is 2.18 bits per heavy atom. The number of nitriles is 1. The summed E-state index contributed by atoms with van der Waals surface area (Å²) in [6.07, 6.45) is 5.15. The maximum Gasteiger partial charge on any atom is 0.350 e. The smallest absolute Gasteiger partial charge is 0.350 e. The van der Waals surface area contributed by atoms with Crippen LogP contribution in [0, 0.1) is 11.3 Å². The molecule has 3 N–H and O–H groups in total. The monoisotopic (exact) mass is 319 g/mol. The fourth-order valence-electron chi connectivity index (χ4n) is 2.41. The molecule has 22 heavy (non-hydrogen) atoms. The quantitative estimate of drug-likeness (QED) is 0.491. The summed E-state index contributed by atoms with van der Waals surface area (Å²) in [5, 5.41) is 12.4. The fraction of sp³-hybridized carbons (Fsp3) is 0.400. The van der Waals surface area contributed by atoms with Crippen molar-refractivity contribution in [1.29, 1.82) is 5.26 Å². The second kappa shape index (κ2) is 7.09. The first-order chi connectivity index (χ1) is 10.6. The lowest BCUT2D eigenvalue weighted by atomic mass is 9.95. The van der Waals surface area contributed by atoms with E-state index in [1.165, 1.54) is 17.5 Å². The van der Waals surface area contributed by atoms with Gasteiger partial charge in [-0.2, -0.15) is 5.26 Å². The van der Waals surface area contributed by atoms with Gasteiger partial charge in [0.05, 0.1) is 12.2 Å². The largest absolute Gasteiger partial charge is 0.462 e. The SMILES string of the molecule is CCOC(=O)/C(C#N)=C/Nc1sc2c(c1C(N)=O)CCCC2. The van der Waals surface area contributed by atoms with Gasteiger partial charge in [-0.15, -0.1) is 11.3 Å². The lowest BCUT2D eigenvalue weighted by Crippen LogP contribution is -2.15. The van der Waals surface area contributed by atoms with Crippen LogP contribution in [0.15, 0.2) is 11.8 Å². The number of amides is 1. The third-order valence-electron chi connectivity index (χ3n) is 3.38. The van der Waals surface area contributed by atoms with E-state index in [1.807, 2.05) is 0 Å². The number of thiophene rings is 1. The molecule has 0 unspecified atom stereocenters. The van der Waals surface area contributed by atoms with Crippen LogP contribution in [0.25, 0.3) is 0 Å². The molecular weight excluding hydrogens is 302 g/mol. The number of hydrogen-bond acceptors (Lipinski definition) is 6. The van der Waals surface area contributed by atoms with Gasteiger partial charge in [0.2, 0.25) is 0 Å². The van der Waals surface area contributed by atoms with Crippen LogP contribution < -0.4 is 11.1 Å². The van der Waals surface area contributed by atoms with E-state index < -0.39 is 11.9 Å².